The normalized spacial score (nSPS) is 19.7. The van der Waals surface area contributed by atoms with E-state index >= 15 is 0 Å². The first kappa shape index (κ1) is 19.8. The predicted molar refractivity (Wildman–Crippen MR) is 113 cm³/mol. The third-order valence-electron chi connectivity index (χ3n) is 6.17. The van der Waals surface area contributed by atoms with Crippen LogP contribution in [0.3, 0.4) is 0 Å². The van der Waals surface area contributed by atoms with E-state index in [-0.39, 0.29) is 5.82 Å². The third-order valence-corrected chi connectivity index (χ3v) is 6.17. The lowest BCUT2D eigenvalue weighted by Crippen LogP contribution is -2.38. The van der Waals surface area contributed by atoms with E-state index in [1.54, 1.807) is 0 Å². The van der Waals surface area contributed by atoms with Gasteiger partial charge < -0.3 is 4.90 Å². The van der Waals surface area contributed by atoms with E-state index in [0.717, 1.165) is 62.1 Å². The molecule has 0 spiro atoms. The smallest absolute Gasteiger partial charge is 0.223 e. The molecule has 1 amide bonds. The second kappa shape index (κ2) is 8.89. The molecule has 1 fully saturated rings. The molecule has 1 aliphatic heterocycles. The van der Waals surface area contributed by atoms with Crippen LogP contribution < -0.4 is 0 Å². The number of pyridine rings is 1. The second-order valence-corrected chi connectivity index (χ2v) is 8.47. The van der Waals surface area contributed by atoms with Crippen molar-refractivity contribution in [1.82, 2.24) is 9.88 Å². The molecule has 1 atom stereocenters. The summed E-state index contributed by atoms with van der Waals surface area (Å²) in [6, 6.07) is 11.0. The van der Waals surface area contributed by atoms with Crippen molar-refractivity contribution in [3.05, 3.63) is 76.9 Å². The topological polar surface area (TPSA) is 33.2 Å². The molecule has 1 aliphatic carbocycles. The molecule has 29 heavy (non-hydrogen) atoms. The fraction of sp³-hybridized carbons (Fsp3) is 0.440. The highest BCUT2D eigenvalue weighted by Crippen LogP contribution is 2.29. The predicted octanol–water partition coefficient (Wildman–Crippen LogP) is 5.18. The molecule has 4 heteroatoms. The summed E-state index contributed by atoms with van der Waals surface area (Å²) in [5, 5.41) is 0. The van der Waals surface area contributed by atoms with Gasteiger partial charge in [0.2, 0.25) is 5.91 Å². The Morgan fingerprint density at radius 3 is 2.55 bits per heavy atom. The van der Waals surface area contributed by atoms with Crippen molar-refractivity contribution < 1.29 is 9.18 Å². The molecule has 4 rings (SSSR count). The van der Waals surface area contributed by atoms with Gasteiger partial charge in [-0.2, -0.15) is 0 Å². The van der Waals surface area contributed by atoms with Gasteiger partial charge in [-0.3, -0.25) is 9.78 Å². The lowest BCUT2D eigenvalue weighted by atomic mass is 9.90. The van der Waals surface area contributed by atoms with Crippen molar-refractivity contribution in [2.24, 2.45) is 5.92 Å². The number of benzene rings is 1. The van der Waals surface area contributed by atoms with Crippen molar-refractivity contribution in [2.45, 2.75) is 51.4 Å². The number of rotatable bonds is 5. The summed E-state index contributed by atoms with van der Waals surface area (Å²) in [5.74, 6) is 0.935. The van der Waals surface area contributed by atoms with Crippen LogP contribution in [-0.4, -0.2) is 28.9 Å². The lowest BCUT2D eigenvalue weighted by molar-refractivity contribution is -0.132. The van der Waals surface area contributed by atoms with Crippen LogP contribution in [0.4, 0.5) is 4.39 Å². The number of hydrogen-bond acceptors (Lipinski definition) is 2. The Morgan fingerprint density at radius 1 is 1.10 bits per heavy atom. The van der Waals surface area contributed by atoms with Gasteiger partial charge in [0.05, 0.1) is 0 Å². The van der Waals surface area contributed by atoms with Crippen LogP contribution in [0.5, 0.6) is 0 Å². The Balaban J connectivity index is 1.37. The van der Waals surface area contributed by atoms with Crippen LogP contribution in [0.2, 0.25) is 0 Å². The Kier molecular flexibility index (Phi) is 6.08. The van der Waals surface area contributed by atoms with E-state index in [2.05, 4.69) is 24.3 Å². The fourth-order valence-electron chi connectivity index (χ4n) is 4.56. The van der Waals surface area contributed by atoms with E-state index in [4.69, 9.17) is 4.98 Å². The summed E-state index contributed by atoms with van der Waals surface area (Å²) in [4.78, 5) is 19.4. The molecule has 3 nitrogen and oxygen atoms in total. The number of amides is 1. The lowest BCUT2D eigenvalue weighted by Gasteiger charge is -2.32. The molecule has 1 unspecified atom stereocenters. The molecule has 0 N–H and O–H groups in total. The highest BCUT2D eigenvalue weighted by atomic mass is 19.1. The van der Waals surface area contributed by atoms with Crippen LogP contribution in [-0.2, 0) is 11.2 Å². The summed E-state index contributed by atoms with van der Waals surface area (Å²) in [5.41, 5.74) is 4.47. The van der Waals surface area contributed by atoms with Gasteiger partial charge in [-0.15, -0.1) is 0 Å². The van der Waals surface area contributed by atoms with E-state index in [1.165, 1.54) is 17.7 Å². The van der Waals surface area contributed by atoms with Crippen molar-refractivity contribution in [1.29, 1.82) is 0 Å². The number of nitrogens with zero attached hydrogens (tertiary/aromatic N) is 2. The highest BCUT2D eigenvalue weighted by Gasteiger charge is 2.26. The molecule has 1 aromatic heterocycles. The number of aryl methyl sites for hydroxylation is 1. The summed E-state index contributed by atoms with van der Waals surface area (Å²) >= 11 is 0. The molecule has 152 valence electrons. The standard InChI is InChI=1S/C25H29FN2O/c1-18-14-21(15-20-6-8-23(26)9-7-20)16-24(27-18)22-10-12-28(13-11-22)25(29)17-19-4-2-3-5-19/h2,4,6-9,14,16,19,22H,3,5,10-13,15,17H2,1H3. The zero-order valence-corrected chi connectivity index (χ0v) is 17.1. The van der Waals surface area contributed by atoms with Gasteiger partial charge in [-0.1, -0.05) is 24.3 Å². The average molecular weight is 393 g/mol. The van der Waals surface area contributed by atoms with E-state index in [9.17, 15) is 9.18 Å². The first-order valence-corrected chi connectivity index (χ1v) is 10.7. The van der Waals surface area contributed by atoms with Crippen LogP contribution in [0, 0.1) is 18.7 Å². The first-order chi connectivity index (χ1) is 14.1. The molecule has 1 aromatic carbocycles. The number of piperidine rings is 1. The number of carbonyl (C=O) groups excluding carboxylic acids is 1. The molecule has 1 saturated heterocycles. The molecule has 0 radical (unpaired) electrons. The highest BCUT2D eigenvalue weighted by molar-refractivity contribution is 5.76. The summed E-state index contributed by atoms with van der Waals surface area (Å²) in [6.07, 6.45) is 10.00. The van der Waals surface area contributed by atoms with Crippen molar-refractivity contribution in [2.75, 3.05) is 13.1 Å². The first-order valence-electron chi connectivity index (χ1n) is 10.7. The SMILES string of the molecule is Cc1cc(Cc2ccc(F)cc2)cc(C2CCN(C(=O)CC3C=CCC3)CC2)n1. The molecule has 0 saturated carbocycles. The maximum Gasteiger partial charge on any atom is 0.223 e. The van der Waals surface area contributed by atoms with Gasteiger partial charge in [0.1, 0.15) is 5.82 Å². The maximum atomic E-state index is 13.2. The van der Waals surface area contributed by atoms with Gasteiger partial charge in [0.15, 0.2) is 0 Å². The minimum absolute atomic E-state index is 0.203. The van der Waals surface area contributed by atoms with E-state index in [1.807, 2.05) is 24.0 Å². The van der Waals surface area contributed by atoms with E-state index in [0.29, 0.717) is 24.2 Å². The van der Waals surface area contributed by atoms with Crippen LogP contribution in [0.15, 0.2) is 48.6 Å². The minimum atomic E-state index is -0.203. The molecule has 2 aliphatic rings. The average Bonchev–Trinajstić information content (AvgIpc) is 3.22. The summed E-state index contributed by atoms with van der Waals surface area (Å²) in [7, 11) is 0. The number of hydrogen-bond donors (Lipinski definition) is 0. The van der Waals surface area contributed by atoms with Crippen LogP contribution >= 0.6 is 0 Å². The third kappa shape index (κ3) is 5.11. The Hall–Kier alpha value is -2.49. The Morgan fingerprint density at radius 2 is 1.86 bits per heavy atom. The molecule has 2 aromatic rings. The largest absolute Gasteiger partial charge is 0.343 e. The number of allylic oxidation sites excluding steroid dienone is 2. The molecular formula is C25H29FN2O. The zero-order chi connectivity index (χ0) is 20.2. The molecule has 2 heterocycles. The van der Waals surface area contributed by atoms with Crippen molar-refractivity contribution in [3.8, 4) is 0 Å². The Labute approximate surface area is 172 Å². The second-order valence-electron chi connectivity index (χ2n) is 8.47. The summed E-state index contributed by atoms with van der Waals surface area (Å²) in [6.45, 7) is 3.68. The fourth-order valence-corrected chi connectivity index (χ4v) is 4.56. The number of likely N-dealkylation sites (tertiary alicyclic amines) is 1. The maximum absolute atomic E-state index is 13.2. The summed E-state index contributed by atoms with van der Waals surface area (Å²) < 4.78 is 13.2. The Bertz CT molecular complexity index is 882. The molecular weight excluding hydrogens is 363 g/mol. The number of halogens is 1. The monoisotopic (exact) mass is 392 g/mol. The van der Waals surface area contributed by atoms with Crippen LogP contribution in [0.25, 0.3) is 0 Å². The van der Waals surface area contributed by atoms with Gasteiger partial charge in [-0.25, -0.2) is 4.39 Å². The van der Waals surface area contributed by atoms with Gasteiger partial charge in [0, 0.05) is 36.8 Å². The molecule has 0 bridgehead atoms. The van der Waals surface area contributed by atoms with Gasteiger partial charge in [-0.05, 0) is 80.3 Å². The van der Waals surface area contributed by atoms with E-state index < -0.39 is 0 Å². The van der Waals surface area contributed by atoms with Crippen LogP contribution in [0.1, 0.15) is 60.5 Å². The van der Waals surface area contributed by atoms with Gasteiger partial charge in [0.25, 0.3) is 0 Å². The number of carbonyl (C=O) groups is 1. The quantitative estimate of drug-likeness (QED) is 0.657. The van der Waals surface area contributed by atoms with Crippen molar-refractivity contribution >= 4 is 5.91 Å². The number of aromatic nitrogens is 1. The van der Waals surface area contributed by atoms with Crippen molar-refractivity contribution in [3.63, 3.8) is 0 Å². The minimum Gasteiger partial charge on any atom is -0.343 e. The van der Waals surface area contributed by atoms with Gasteiger partial charge >= 0.3 is 0 Å². The zero-order valence-electron chi connectivity index (χ0n) is 17.1.